The highest BCUT2D eigenvalue weighted by Gasteiger charge is 2.07. The fourth-order valence-corrected chi connectivity index (χ4v) is 0.625. The van der Waals surface area contributed by atoms with Crippen LogP contribution in [0, 0.1) is 0 Å². The summed E-state index contributed by atoms with van der Waals surface area (Å²) in [7, 11) is 0. The van der Waals surface area contributed by atoms with Gasteiger partial charge in [0.15, 0.2) is 6.26 Å². The first-order chi connectivity index (χ1) is 5.47. The van der Waals surface area contributed by atoms with Crippen molar-refractivity contribution in [2.24, 2.45) is 5.16 Å². The minimum absolute atomic E-state index is 0.553. The maximum Gasteiger partial charge on any atom is 0.156 e. The monoisotopic (exact) mass is 153 g/mol. The lowest BCUT2D eigenvalue weighted by atomic mass is 10.2. The number of allylic oxidation sites excluding steroid dienone is 1. The molecule has 1 aromatic rings. The lowest BCUT2D eigenvalue weighted by Gasteiger charge is -1.99. The van der Waals surface area contributed by atoms with E-state index in [2.05, 4.69) is 30.0 Å². The summed E-state index contributed by atoms with van der Waals surface area (Å²) in [6.07, 6.45) is 4.25. The summed E-state index contributed by atoms with van der Waals surface area (Å²) >= 11 is 0. The topological polar surface area (TPSA) is 69.7 Å². The van der Waals surface area contributed by atoms with E-state index >= 15 is 0 Å². The summed E-state index contributed by atoms with van der Waals surface area (Å²) in [5.74, 6) is 0. The van der Waals surface area contributed by atoms with Gasteiger partial charge in [-0.15, -0.1) is 0 Å². The van der Waals surface area contributed by atoms with Crippen molar-refractivity contribution in [1.29, 1.82) is 0 Å². The van der Waals surface area contributed by atoms with E-state index in [0.717, 1.165) is 0 Å². The van der Waals surface area contributed by atoms with E-state index in [1.165, 1.54) is 18.7 Å². The number of aromatic nitrogens is 2. The molecule has 6 nitrogen and oxygen atoms in total. The highest BCUT2D eigenvalue weighted by molar-refractivity contribution is 6.08. The third-order valence-electron chi connectivity index (χ3n) is 1.11. The van der Waals surface area contributed by atoms with Gasteiger partial charge < -0.3 is 0 Å². The Morgan fingerprint density at radius 2 is 2.36 bits per heavy atom. The average molecular weight is 153 g/mol. The Labute approximate surface area is 61.0 Å². The first-order valence-electron chi connectivity index (χ1n) is 2.81. The summed E-state index contributed by atoms with van der Waals surface area (Å²) in [5.41, 5.74) is 1.20. The van der Waals surface area contributed by atoms with E-state index < -0.39 is 0 Å². The number of hydrogen-bond donors (Lipinski definition) is 0. The molecule has 1 aliphatic rings. The van der Waals surface area contributed by atoms with Gasteiger partial charge in [0, 0.05) is 0 Å². The normalized spacial score (nSPS) is 15.1. The van der Waals surface area contributed by atoms with E-state index in [1.54, 1.807) is 0 Å². The second-order valence-electron chi connectivity index (χ2n) is 1.77. The smallest absolute Gasteiger partial charge is 0.156 e. The zero-order chi connectivity index (χ0) is 7.52. The van der Waals surface area contributed by atoms with Crippen molar-refractivity contribution in [1.82, 2.24) is 10.3 Å². The Balaban J connectivity index is 2.29. The molecule has 0 radical (unpaired) electrons. The van der Waals surface area contributed by atoms with Crippen LogP contribution in [0.1, 0.15) is 5.69 Å². The lowest BCUT2D eigenvalue weighted by molar-refractivity contribution is -0.250. The van der Waals surface area contributed by atoms with Crippen LogP contribution in [0.25, 0.3) is 5.57 Å². The van der Waals surface area contributed by atoms with Crippen molar-refractivity contribution in [3.63, 3.8) is 0 Å². The van der Waals surface area contributed by atoms with Gasteiger partial charge in [-0.05, 0) is 10.3 Å². The molecule has 1 aromatic heterocycles. The molecule has 0 amide bonds. The molecule has 0 fully saturated rings. The molecule has 0 aromatic carbocycles. The molecule has 6 heteroatoms. The molecule has 56 valence electrons. The zero-order valence-electron chi connectivity index (χ0n) is 5.30. The van der Waals surface area contributed by atoms with E-state index in [4.69, 9.17) is 0 Å². The van der Waals surface area contributed by atoms with Crippen molar-refractivity contribution in [2.45, 2.75) is 0 Å². The quantitative estimate of drug-likeness (QED) is 0.544. The summed E-state index contributed by atoms with van der Waals surface area (Å²) < 4.78 is 4.37. The van der Waals surface area contributed by atoms with E-state index in [0.29, 0.717) is 11.3 Å². The van der Waals surface area contributed by atoms with Crippen molar-refractivity contribution in [3.8, 4) is 0 Å². The molecule has 0 aliphatic carbocycles. The largest absolute Gasteiger partial charge is 0.275 e. The average Bonchev–Trinajstić information content (AvgIpc) is 2.58. The number of oxime groups is 1. The van der Waals surface area contributed by atoms with Crippen LogP contribution in [-0.4, -0.2) is 16.5 Å². The van der Waals surface area contributed by atoms with Crippen LogP contribution < -0.4 is 0 Å². The summed E-state index contributed by atoms with van der Waals surface area (Å²) in [6.45, 7) is 0. The van der Waals surface area contributed by atoms with Crippen molar-refractivity contribution < 1.29 is 14.5 Å². The maximum absolute atomic E-state index is 4.44. The van der Waals surface area contributed by atoms with Crippen LogP contribution in [0.3, 0.4) is 0 Å². The third kappa shape index (κ3) is 1.05. The molecule has 0 saturated heterocycles. The molecule has 1 aliphatic heterocycles. The van der Waals surface area contributed by atoms with Crippen LogP contribution in [0.2, 0.25) is 0 Å². The van der Waals surface area contributed by atoms with Gasteiger partial charge in [-0.1, -0.05) is 5.16 Å². The predicted molar refractivity (Wildman–Crippen MR) is 32.9 cm³/mol. The fraction of sp³-hybridized carbons (Fsp3) is 0. The third-order valence-corrected chi connectivity index (χ3v) is 1.11. The predicted octanol–water partition coefficient (Wildman–Crippen LogP) is 0.358. The highest BCUT2D eigenvalue weighted by Crippen LogP contribution is 2.10. The van der Waals surface area contributed by atoms with Gasteiger partial charge in [-0.3, -0.25) is 4.89 Å². The zero-order valence-corrected chi connectivity index (χ0v) is 5.30. The van der Waals surface area contributed by atoms with Crippen LogP contribution in [0.4, 0.5) is 0 Å². The van der Waals surface area contributed by atoms with Crippen molar-refractivity contribution >= 4 is 11.8 Å². The van der Waals surface area contributed by atoms with Gasteiger partial charge in [-0.2, -0.15) is 4.99 Å². The minimum atomic E-state index is 0.553. The molecule has 0 saturated carbocycles. The van der Waals surface area contributed by atoms with Gasteiger partial charge in [0.05, 0.1) is 18.0 Å². The van der Waals surface area contributed by atoms with E-state index in [1.807, 2.05) is 0 Å². The standard InChI is InChI=1S/C5H3N3O3/c1-4(3-9-11-7-1)5-2-6-10-8-5/h1-3H. The molecule has 0 atom stereocenters. The van der Waals surface area contributed by atoms with Crippen LogP contribution >= 0.6 is 0 Å². The summed E-state index contributed by atoms with van der Waals surface area (Å²) in [5, 5.41) is 10.4. The number of rotatable bonds is 1. The van der Waals surface area contributed by atoms with Crippen LogP contribution in [-0.2, 0) is 9.88 Å². The molecule has 0 N–H and O–H groups in total. The van der Waals surface area contributed by atoms with E-state index in [-0.39, 0.29) is 0 Å². The molecule has 2 rings (SSSR count). The van der Waals surface area contributed by atoms with Gasteiger partial charge in [0.25, 0.3) is 0 Å². The van der Waals surface area contributed by atoms with E-state index in [9.17, 15) is 0 Å². The SMILES string of the molecule is C1=NOOC=C1c1cnon1. The lowest BCUT2D eigenvalue weighted by Crippen LogP contribution is -1.94. The van der Waals surface area contributed by atoms with Crippen LogP contribution in [0.15, 0.2) is 22.2 Å². The second kappa shape index (κ2) is 2.41. The summed E-state index contributed by atoms with van der Waals surface area (Å²) in [4.78, 5) is 8.65. The van der Waals surface area contributed by atoms with Gasteiger partial charge in [0.1, 0.15) is 5.69 Å². The molecule has 0 bridgehead atoms. The molecule has 11 heavy (non-hydrogen) atoms. The van der Waals surface area contributed by atoms with Gasteiger partial charge in [0.2, 0.25) is 0 Å². The highest BCUT2D eigenvalue weighted by atomic mass is 17.3. The van der Waals surface area contributed by atoms with Gasteiger partial charge in [-0.25, -0.2) is 4.63 Å². The second-order valence-corrected chi connectivity index (χ2v) is 1.77. The maximum atomic E-state index is 4.44. The Kier molecular flexibility index (Phi) is 1.29. The molecule has 2 heterocycles. The molecule has 0 spiro atoms. The first kappa shape index (κ1) is 5.90. The minimum Gasteiger partial charge on any atom is -0.275 e. The van der Waals surface area contributed by atoms with Crippen molar-refractivity contribution in [2.75, 3.05) is 0 Å². The van der Waals surface area contributed by atoms with Gasteiger partial charge >= 0.3 is 0 Å². The van der Waals surface area contributed by atoms with Crippen LogP contribution in [0.5, 0.6) is 0 Å². The first-order valence-corrected chi connectivity index (χ1v) is 2.81. The molecular formula is C5H3N3O3. The Hall–Kier alpha value is -1.85. The van der Waals surface area contributed by atoms with Crippen molar-refractivity contribution in [3.05, 3.63) is 18.2 Å². The molecular weight excluding hydrogens is 150 g/mol. The number of hydrogen-bond acceptors (Lipinski definition) is 6. The molecule has 0 unspecified atom stereocenters. The number of nitrogens with zero attached hydrogens (tertiary/aromatic N) is 3. The Morgan fingerprint density at radius 3 is 3.00 bits per heavy atom. The Morgan fingerprint density at radius 1 is 1.36 bits per heavy atom. The fourth-order valence-electron chi connectivity index (χ4n) is 0.625. The Bertz CT molecular complexity index is 290. The summed E-state index contributed by atoms with van der Waals surface area (Å²) in [6, 6.07) is 0.